The molecule has 6 nitrogen and oxygen atoms in total. The lowest BCUT2D eigenvalue weighted by Crippen LogP contribution is -2.46. The molecule has 1 aromatic carbocycles. The monoisotopic (exact) mass is 567 g/mol. The number of halogens is 1. The molecule has 0 bridgehead atoms. The van der Waals surface area contributed by atoms with E-state index in [9.17, 15) is 4.79 Å². The SMILES string of the molecule is CN=C(NCC1CC(=O)Nc2ccccc21)NCC(c1cccs1)N1CCC(C)CC1.I. The maximum Gasteiger partial charge on any atom is 0.225 e. The van der Waals surface area contributed by atoms with E-state index in [0.717, 1.165) is 37.2 Å². The van der Waals surface area contributed by atoms with Gasteiger partial charge in [-0.2, -0.15) is 0 Å². The number of hydrogen-bond donors (Lipinski definition) is 3. The first-order chi connectivity index (χ1) is 15.1. The number of carbonyl (C=O) groups is 1. The van der Waals surface area contributed by atoms with Crippen molar-refractivity contribution in [2.45, 2.75) is 38.1 Å². The Morgan fingerprint density at radius 3 is 2.72 bits per heavy atom. The van der Waals surface area contributed by atoms with Gasteiger partial charge in [0.05, 0.1) is 6.04 Å². The Balaban J connectivity index is 0.00000289. The van der Waals surface area contributed by atoms with Crippen LogP contribution in [0, 0.1) is 5.92 Å². The fourth-order valence-electron chi connectivity index (χ4n) is 4.55. The van der Waals surface area contributed by atoms with Crippen molar-refractivity contribution in [3.05, 3.63) is 52.2 Å². The van der Waals surface area contributed by atoms with Gasteiger partial charge in [-0.1, -0.05) is 31.2 Å². The van der Waals surface area contributed by atoms with E-state index in [1.54, 1.807) is 7.05 Å². The van der Waals surface area contributed by atoms with Gasteiger partial charge in [0.15, 0.2) is 5.96 Å². The molecular formula is C24H34IN5OS. The highest BCUT2D eigenvalue weighted by molar-refractivity contribution is 14.0. The first-order valence-corrected chi connectivity index (χ1v) is 12.1. The highest BCUT2D eigenvalue weighted by Crippen LogP contribution is 2.31. The Kier molecular flexibility index (Phi) is 9.36. The lowest BCUT2D eigenvalue weighted by Gasteiger charge is -2.36. The van der Waals surface area contributed by atoms with Crippen LogP contribution in [-0.4, -0.2) is 50.0 Å². The standard InChI is InChI=1S/C24H33N5OS.HI/c1-17-9-11-29(12-10-17)21(22-8-5-13-31-22)16-27-24(25-2)26-15-18-14-23(30)28-20-7-4-3-6-19(18)20;/h3-8,13,17-18,21H,9-12,14-16H2,1-2H3,(H,28,30)(H2,25,26,27);1H. The number of para-hydroxylation sites is 1. The number of piperidine rings is 1. The highest BCUT2D eigenvalue weighted by atomic mass is 127. The molecule has 1 saturated heterocycles. The molecule has 32 heavy (non-hydrogen) atoms. The third kappa shape index (κ3) is 6.23. The first kappa shape index (κ1) is 25.0. The van der Waals surface area contributed by atoms with E-state index in [1.165, 1.54) is 23.3 Å². The summed E-state index contributed by atoms with van der Waals surface area (Å²) in [7, 11) is 1.81. The van der Waals surface area contributed by atoms with Gasteiger partial charge in [-0.15, -0.1) is 35.3 Å². The lowest BCUT2D eigenvalue weighted by molar-refractivity contribution is -0.116. The van der Waals surface area contributed by atoms with Gasteiger partial charge in [-0.25, -0.2) is 0 Å². The maximum absolute atomic E-state index is 12.1. The summed E-state index contributed by atoms with van der Waals surface area (Å²) in [5.74, 6) is 1.82. The molecule has 2 aliphatic heterocycles. The summed E-state index contributed by atoms with van der Waals surface area (Å²) in [4.78, 5) is 20.5. The van der Waals surface area contributed by atoms with E-state index >= 15 is 0 Å². The predicted molar refractivity (Wildman–Crippen MR) is 144 cm³/mol. The largest absolute Gasteiger partial charge is 0.356 e. The number of aliphatic imine (C=N–C) groups is 1. The average Bonchev–Trinajstić information content (AvgIpc) is 3.31. The van der Waals surface area contributed by atoms with Crippen molar-refractivity contribution < 1.29 is 4.79 Å². The van der Waals surface area contributed by atoms with E-state index in [0.29, 0.717) is 19.0 Å². The van der Waals surface area contributed by atoms with Crippen LogP contribution in [0.4, 0.5) is 5.69 Å². The fourth-order valence-corrected chi connectivity index (χ4v) is 5.41. The van der Waals surface area contributed by atoms with Crippen molar-refractivity contribution in [2.24, 2.45) is 10.9 Å². The van der Waals surface area contributed by atoms with Crippen LogP contribution in [0.3, 0.4) is 0 Å². The molecular weight excluding hydrogens is 533 g/mol. The van der Waals surface area contributed by atoms with E-state index in [4.69, 9.17) is 0 Å². The number of fused-ring (bicyclic) bond motifs is 1. The summed E-state index contributed by atoms with van der Waals surface area (Å²) < 4.78 is 0. The number of rotatable bonds is 6. The Bertz CT molecular complexity index is 896. The van der Waals surface area contributed by atoms with Crippen molar-refractivity contribution >= 4 is 52.9 Å². The molecule has 1 amide bonds. The van der Waals surface area contributed by atoms with Crippen molar-refractivity contribution in [1.29, 1.82) is 0 Å². The summed E-state index contributed by atoms with van der Waals surface area (Å²) in [6.07, 6.45) is 3.01. The number of hydrogen-bond acceptors (Lipinski definition) is 4. The molecule has 174 valence electrons. The molecule has 2 unspecified atom stereocenters. The van der Waals surface area contributed by atoms with Gasteiger partial charge in [0.2, 0.25) is 5.91 Å². The second kappa shape index (κ2) is 12.0. The number of likely N-dealkylation sites (tertiary alicyclic amines) is 1. The number of amides is 1. The van der Waals surface area contributed by atoms with Crippen LogP contribution in [0.5, 0.6) is 0 Å². The van der Waals surface area contributed by atoms with Gasteiger partial charge < -0.3 is 16.0 Å². The normalized spacial score (nSPS) is 20.6. The van der Waals surface area contributed by atoms with E-state index in [-0.39, 0.29) is 35.8 Å². The van der Waals surface area contributed by atoms with E-state index in [2.05, 4.69) is 56.3 Å². The first-order valence-electron chi connectivity index (χ1n) is 11.2. The van der Waals surface area contributed by atoms with Crippen LogP contribution in [0.2, 0.25) is 0 Å². The molecule has 3 heterocycles. The molecule has 8 heteroatoms. The number of guanidine groups is 1. The van der Waals surface area contributed by atoms with Crippen molar-refractivity contribution in [3.8, 4) is 0 Å². The Morgan fingerprint density at radius 1 is 1.22 bits per heavy atom. The average molecular weight is 568 g/mol. The third-order valence-corrected chi connectivity index (χ3v) is 7.41. The van der Waals surface area contributed by atoms with Crippen LogP contribution in [0.25, 0.3) is 0 Å². The number of carbonyl (C=O) groups excluding carboxylic acids is 1. The minimum Gasteiger partial charge on any atom is -0.356 e. The molecule has 3 N–H and O–H groups in total. The van der Waals surface area contributed by atoms with Crippen LogP contribution >= 0.6 is 35.3 Å². The zero-order chi connectivity index (χ0) is 21.6. The maximum atomic E-state index is 12.1. The molecule has 0 radical (unpaired) electrons. The van der Waals surface area contributed by atoms with Gasteiger partial charge >= 0.3 is 0 Å². The highest BCUT2D eigenvalue weighted by Gasteiger charge is 2.27. The topological polar surface area (TPSA) is 68.8 Å². The molecule has 1 aromatic heterocycles. The minimum atomic E-state index is 0. The summed E-state index contributed by atoms with van der Waals surface area (Å²) in [6.45, 7) is 6.13. The number of benzene rings is 1. The van der Waals surface area contributed by atoms with Crippen molar-refractivity contribution in [3.63, 3.8) is 0 Å². The zero-order valence-corrected chi connectivity index (χ0v) is 22.0. The molecule has 0 spiro atoms. The molecule has 4 rings (SSSR count). The van der Waals surface area contributed by atoms with Crippen LogP contribution in [0.15, 0.2) is 46.8 Å². The zero-order valence-electron chi connectivity index (χ0n) is 18.8. The van der Waals surface area contributed by atoms with Crippen molar-refractivity contribution in [1.82, 2.24) is 15.5 Å². The molecule has 2 aromatic rings. The van der Waals surface area contributed by atoms with E-state index in [1.807, 2.05) is 29.5 Å². The summed E-state index contributed by atoms with van der Waals surface area (Å²) in [5.41, 5.74) is 2.11. The molecule has 0 saturated carbocycles. The quantitative estimate of drug-likeness (QED) is 0.275. The summed E-state index contributed by atoms with van der Waals surface area (Å²) in [5, 5.41) is 12.1. The molecule has 2 aliphatic rings. The number of anilines is 1. The van der Waals surface area contributed by atoms with Gasteiger partial charge in [0.25, 0.3) is 0 Å². The predicted octanol–water partition coefficient (Wildman–Crippen LogP) is 4.43. The number of thiophene rings is 1. The van der Waals surface area contributed by atoms with Gasteiger partial charge in [-0.3, -0.25) is 14.7 Å². The van der Waals surface area contributed by atoms with E-state index < -0.39 is 0 Å². The second-order valence-corrected chi connectivity index (χ2v) is 9.60. The smallest absolute Gasteiger partial charge is 0.225 e. The Morgan fingerprint density at radius 2 is 2.00 bits per heavy atom. The van der Waals surface area contributed by atoms with Gasteiger partial charge in [-0.05, 0) is 54.9 Å². The summed E-state index contributed by atoms with van der Waals surface area (Å²) >= 11 is 1.83. The van der Waals surface area contributed by atoms with Crippen LogP contribution < -0.4 is 16.0 Å². The Labute approximate surface area is 212 Å². The Hall–Kier alpha value is -1.65. The van der Waals surface area contributed by atoms with Gasteiger partial charge in [0.1, 0.15) is 0 Å². The fraction of sp³-hybridized carbons (Fsp3) is 0.500. The molecule has 1 fully saturated rings. The number of nitrogens with one attached hydrogen (secondary N) is 3. The van der Waals surface area contributed by atoms with Crippen LogP contribution in [-0.2, 0) is 4.79 Å². The van der Waals surface area contributed by atoms with Gasteiger partial charge in [0, 0.05) is 43.0 Å². The minimum absolute atomic E-state index is 0. The number of nitrogens with zero attached hydrogens (tertiary/aromatic N) is 2. The third-order valence-electron chi connectivity index (χ3n) is 6.44. The second-order valence-electron chi connectivity index (χ2n) is 8.62. The molecule has 0 aliphatic carbocycles. The summed E-state index contributed by atoms with van der Waals surface area (Å²) in [6, 6.07) is 12.8. The van der Waals surface area contributed by atoms with Crippen LogP contribution in [0.1, 0.15) is 48.6 Å². The molecule has 2 atom stereocenters. The van der Waals surface area contributed by atoms with Crippen molar-refractivity contribution in [2.75, 3.05) is 38.5 Å². The lowest BCUT2D eigenvalue weighted by atomic mass is 9.90.